The molecule has 2 saturated heterocycles. The molecule has 2 aliphatic rings. The minimum absolute atomic E-state index is 0.354. The number of rotatable bonds is 6. The SMILES string of the molecule is CC.CC(C)OC(C)C1CCCN1.CCOCC1CCCN1. The smallest absolute Gasteiger partial charge is 0.0703 e. The molecule has 3 unspecified atom stereocenters. The lowest BCUT2D eigenvalue weighted by Gasteiger charge is -2.22. The summed E-state index contributed by atoms with van der Waals surface area (Å²) in [7, 11) is 0. The number of nitrogens with one attached hydrogen (secondary N) is 2. The average Bonchev–Trinajstić information content (AvgIpc) is 3.20. The van der Waals surface area contributed by atoms with Crippen molar-refractivity contribution in [1.82, 2.24) is 10.6 Å². The van der Waals surface area contributed by atoms with Crippen molar-refractivity contribution in [1.29, 1.82) is 0 Å². The van der Waals surface area contributed by atoms with E-state index in [2.05, 4.69) is 31.4 Å². The minimum atomic E-state index is 0.354. The van der Waals surface area contributed by atoms with Gasteiger partial charge in [0.25, 0.3) is 0 Å². The summed E-state index contributed by atoms with van der Waals surface area (Å²) in [4.78, 5) is 0. The standard InChI is InChI=1S/C9H19NO.C7H15NO.C2H6/c1-7(2)11-8(3)9-5-4-6-10-9;1-2-9-6-7-4-3-5-8-7;1-2/h7-10H,4-6H2,1-3H3;7-8H,2-6H2,1H3;1-2H3. The summed E-state index contributed by atoms with van der Waals surface area (Å²) in [6, 6.07) is 1.24. The molecule has 0 aromatic carbocycles. The third-order valence-corrected chi connectivity index (χ3v) is 3.84. The normalized spacial score (nSPS) is 25.2. The van der Waals surface area contributed by atoms with Gasteiger partial charge in [-0.05, 0) is 66.5 Å². The van der Waals surface area contributed by atoms with Gasteiger partial charge in [0, 0.05) is 18.7 Å². The van der Waals surface area contributed by atoms with Crippen LogP contribution in [0.4, 0.5) is 0 Å². The number of ether oxygens (including phenoxy) is 2. The predicted molar refractivity (Wildman–Crippen MR) is 95.6 cm³/mol. The molecular weight excluding hydrogens is 276 g/mol. The molecule has 0 aromatic heterocycles. The highest BCUT2D eigenvalue weighted by Crippen LogP contribution is 2.12. The first-order chi connectivity index (χ1) is 10.6. The van der Waals surface area contributed by atoms with Crippen LogP contribution in [0.3, 0.4) is 0 Å². The molecule has 2 aliphatic heterocycles. The molecule has 2 fully saturated rings. The zero-order valence-corrected chi connectivity index (χ0v) is 15.8. The maximum Gasteiger partial charge on any atom is 0.0703 e. The van der Waals surface area contributed by atoms with Gasteiger partial charge < -0.3 is 20.1 Å². The van der Waals surface area contributed by atoms with Crippen LogP contribution < -0.4 is 10.6 Å². The predicted octanol–water partition coefficient (Wildman–Crippen LogP) is 3.35. The van der Waals surface area contributed by atoms with E-state index in [1.54, 1.807) is 0 Å². The van der Waals surface area contributed by atoms with Gasteiger partial charge in [-0.15, -0.1) is 0 Å². The largest absolute Gasteiger partial charge is 0.380 e. The van der Waals surface area contributed by atoms with Crippen LogP contribution in [0, 0.1) is 0 Å². The van der Waals surface area contributed by atoms with E-state index < -0.39 is 0 Å². The molecule has 0 amide bonds. The van der Waals surface area contributed by atoms with Crippen molar-refractivity contribution in [3.05, 3.63) is 0 Å². The first-order valence-electron chi connectivity index (χ1n) is 9.33. The third kappa shape index (κ3) is 10.5. The van der Waals surface area contributed by atoms with Gasteiger partial charge in [-0.1, -0.05) is 13.8 Å². The van der Waals surface area contributed by atoms with Gasteiger partial charge in [0.1, 0.15) is 0 Å². The van der Waals surface area contributed by atoms with Crippen molar-refractivity contribution in [2.75, 3.05) is 26.3 Å². The Morgan fingerprint density at radius 1 is 1.00 bits per heavy atom. The van der Waals surface area contributed by atoms with Gasteiger partial charge in [-0.2, -0.15) is 0 Å². The van der Waals surface area contributed by atoms with Crippen LogP contribution in [0.1, 0.15) is 67.2 Å². The van der Waals surface area contributed by atoms with E-state index in [-0.39, 0.29) is 0 Å². The van der Waals surface area contributed by atoms with Crippen molar-refractivity contribution in [2.45, 2.75) is 91.5 Å². The van der Waals surface area contributed by atoms with Crippen molar-refractivity contribution < 1.29 is 9.47 Å². The molecule has 0 spiro atoms. The Bertz CT molecular complexity index is 225. The highest BCUT2D eigenvalue weighted by Gasteiger charge is 2.21. The second-order valence-corrected chi connectivity index (χ2v) is 6.05. The van der Waals surface area contributed by atoms with E-state index in [1.165, 1.54) is 32.2 Å². The first-order valence-corrected chi connectivity index (χ1v) is 9.33. The summed E-state index contributed by atoms with van der Waals surface area (Å²) in [5.74, 6) is 0. The molecule has 3 atom stereocenters. The van der Waals surface area contributed by atoms with Gasteiger partial charge in [-0.3, -0.25) is 0 Å². The molecule has 0 bridgehead atoms. The summed E-state index contributed by atoms with van der Waals surface area (Å²) >= 11 is 0. The van der Waals surface area contributed by atoms with Crippen LogP contribution in [0.15, 0.2) is 0 Å². The van der Waals surface area contributed by atoms with Crippen LogP contribution >= 0.6 is 0 Å². The fraction of sp³-hybridized carbons (Fsp3) is 1.00. The van der Waals surface area contributed by atoms with Crippen molar-refractivity contribution in [3.8, 4) is 0 Å². The van der Waals surface area contributed by atoms with E-state index >= 15 is 0 Å². The molecule has 22 heavy (non-hydrogen) atoms. The van der Waals surface area contributed by atoms with Crippen molar-refractivity contribution in [3.63, 3.8) is 0 Å². The monoisotopic (exact) mass is 316 g/mol. The zero-order chi connectivity index (χ0) is 16.8. The molecule has 0 saturated carbocycles. The quantitative estimate of drug-likeness (QED) is 0.788. The summed E-state index contributed by atoms with van der Waals surface area (Å²) < 4.78 is 10.9. The molecule has 134 valence electrons. The maximum absolute atomic E-state index is 5.67. The summed E-state index contributed by atoms with van der Waals surface area (Å²) in [5.41, 5.74) is 0. The van der Waals surface area contributed by atoms with Gasteiger partial charge in [-0.25, -0.2) is 0 Å². The van der Waals surface area contributed by atoms with Gasteiger partial charge in [0.05, 0.1) is 18.8 Å². The van der Waals surface area contributed by atoms with Crippen molar-refractivity contribution in [2.24, 2.45) is 0 Å². The summed E-state index contributed by atoms with van der Waals surface area (Å²) in [6.45, 7) is 16.5. The third-order valence-electron chi connectivity index (χ3n) is 3.84. The Balaban J connectivity index is 0.000000366. The number of hydrogen-bond acceptors (Lipinski definition) is 4. The summed E-state index contributed by atoms with van der Waals surface area (Å²) in [6.07, 6.45) is 5.91. The molecule has 0 radical (unpaired) electrons. The molecule has 2 heterocycles. The van der Waals surface area contributed by atoms with Crippen LogP contribution in [-0.4, -0.2) is 50.6 Å². The molecule has 4 nitrogen and oxygen atoms in total. The average molecular weight is 317 g/mol. The topological polar surface area (TPSA) is 42.5 Å². The van der Waals surface area contributed by atoms with Crippen molar-refractivity contribution >= 4 is 0 Å². The van der Waals surface area contributed by atoms with E-state index in [1.807, 2.05) is 20.8 Å². The zero-order valence-electron chi connectivity index (χ0n) is 15.8. The maximum atomic E-state index is 5.67. The second kappa shape index (κ2) is 14.4. The van der Waals surface area contributed by atoms with Gasteiger partial charge in [0.2, 0.25) is 0 Å². The first kappa shape index (κ1) is 21.8. The lowest BCUT2D eigenvalue weighted by atomic mass is 10.1. The fourth-order valence-electron chi connectivity index (χ4n) is 2.80. The Morgan fingerprint density at radius 2 is 1.64 bits per heavy atom. The lowest BCUT2D eigenvalue weighted by Crippen LogP contribution is -2.36. The molecule has 0 aliphatic carbocycles. The Hall–Kier alpha value is -0.160. The second-order valence-electron chi connectivity index (χ2n) is 6.05. The highest BCUT2D eigenvalue weighted by atomic mass is 16.5. The molecule has 2 rings (SSSR count). The van der Waals surface area contributed by atoms with E-state index in [4.69, 9.17) is 9.47 Å². The lowest BCUT2D eigenvalue weighted by molar-refractivity contribution is 0.000932. The van der Waals surface area contributed by atoms with E-state index in [0.29, 0.717) is 24.3 Å². The van der Waals surface area contributed by atoms with Crippen LogP contribution in [-0.2, 0) is 9.47 Å². The summed E-state index contributed by atoms with van der Waals surface area (Å²) in [5, 5.41) is 6.80. The fourth-order valence-corrected chi connectivity index (χ4v) is 2.80. The van der Waals surface area contributed by atoms with Crippen LogP contribution in [0.25, 0.3) is 0 Å². The minimum Gasteiger partial charge on any atom is -0.380 e. The highest BCUT2D eigenvalue weighted by molar-refractivity contribution is 4.79. The number of hydrogen-bond donors (Lipinski definition) is 2. The van der Waals surface area contributed by atoms with E-state index in [9.17, 15) is 0 Å². The van der Waals surface area contributed by atoms with E-state index in [0.717, 1.165) is 19.8 Å². The van der Waals surface area contributed by atoms with Crippen LogP contribution in [0.5, 0.6) is 0 Å². The van der Waals surface area contributed by atoms with Gasteiger partial charge >= 0.3 is 0 Å². The van der Waals surface area contributed by atoms with Crippen LogP contribution in [0.2, 0.25) is 0 Å². The molecule has 0 aromatic rings. The molecule has 2 N–H and O–H groups in total. The molecule has 4 heteroatoms. The Morgan fingerprint density at radius 3 is 2.09 bits per heavy atom. The molecular formula is C18H40N2O2. The Labute approximate surface area is 138 Å². The Kier molecular flexibility index (Phi) is 14.3. The van der Waals surface area contributed by atoms with Gasteiger partial charge in [0.15, 0.2) is 0 Å².